The lowest BCUT2D eigenvalue weighted by Gasteiger charge is -2.37. The maximum atomic E-state index is 13.9. The van der Waals surface area contributed by atoms with Crippen LogP contribution in [0.15, 0.2) is 41.0 Å². The van der Waals surface area contributed by atoms with Crippen LogP contribution in [0.25, 0.3) is 0 Å². The first kappa shape index (κ1) is 45.2. The minimum absolute atomic E-state index is 0.0661. The molecule has 0 spiro atoms. The number of carbonyl (C=O) groups excluding carboxylic acids is 1. The number of allylic oxidation sites excluding steroid dienone is 6. The third-order valence-corrected chi connectivity index (χ3v) is 15.4. The molecule has 1 aromatic rings. The third kappa shape index (κ3) is 14.1. The maximum absolute atomic E-state index is 13.9. The molecule has 0 saturated carbocycles. The van der Waals surface area contributed by atoms with E-state index in [1.807, 2.05) is 19.9 Å². The third-order valence-electron chi connectivity index (χ3n) is 9.23. The van der Waals surface area contributed by atoms with Crippen LogP contribution in [0.5, 0.6) is 11.5 Å². The number of benzene rings is 1. The predicted molar refractivity (Wildman–Crippen MR) is 208 cm³/mol. The molecule has 0 saturated heterocycles. The number of fused-ring (bicyclic) bond motifs is 1. The Bertz CT molecular complexity index is 1420. The summed E-state index contributed by atoms with van der Waals surface area (Å²) in [5.41, 5.74) is 6.70. The van der Waals surface area contributed by atoms with Crippen LogP contribution in [-0.2, 0) is 38.4 Å². The summed E-state index contributed by atoms with van der Waals surface area (Å²) in [4.78, 5) is 13.3. The van der Waals surface area contributed by atoms with Crippen LogP contribution < -0.4 is 9.47 Å². The molecule has 0 aromatic heterocycles. The topological polar surface area (TPSA) is 107 Å². The van der Waals surface area contributed by atoms with E-state index in [0.29, 0.717) is 5.75 Å². The van der Waals surface area contributed by atoms with Crippen molar-refractivity contribution in [3.8, 4) is 11.5 Å². The highest BCUT2D eigenvalue weighted by Gasteiger charge is 2.50. The molecule has 290 valence electrons. The van der Waals surface area contributed by atoms with Gasteiger partial charge in [0.1, 0.15) is 17.1 Å². The van der Waals surface area contributed by atoms with E-state index >= 15 is 0 Å². The van der Waals surface area contributed by atoms with Crippen LogP contribution in [0.2, 0.25) is 0 Å². The summed E-state index contributed by atoms with van der Waals surface area (Å²) in [6.07, 6.45) is 14.6. The van der Waals surface area contributed by atoms with Crippen molar-refractivity contribution in [3.05, 3.63) is 57.7 Å². The Hall–Kier alpha value is -1.99. The summed E-state index contributed by atoms with van der Waals surface area (Å²) in [5, 5.41) is -1.28. The van der Waals surface area contributed by atoms with E-state index in [9.17, 15) is 13.9 Å². The molecule has 11 heteroatoms. The van der Waals surface area contributed by atoms with Gasteiger partial charge in [-0.25, -0.2) is 0 Å². The molecule has 1 aliphatic rings. The standard InChI is InChI=1S/C40H66O9P2/c1-12-44-50(42,45-13-2)38(51(43,46-14-3)47-15-4)25-24-37(41)48-36-29-35-26-28-40(11,49-39(35)34(10)33(36)9)27-18-23-32(8)22-17-21-31(7)20-16-19-30(5)6/h19,21,23,29,38H,12-18,20,22,24-28H2,1-11H3/b31-21+,32-23+. The smallest absolute Gasteiger partial charge is 0.345 e. The summed E-state index contributed by atoms with van der Waals surface area (Å²) in [5.74, 6) is 0.759. The molecular weight excluding hydrogens is 686 g/mol. The summed E-state index contributed by atoms with van der Waals surface area (Å²) < 4.78 is 62.4. The SMILES string of the molecule is CCOP(=O)(OCC)C(CCC(=O)Oc1cc2c(c(C)c1C)OC(C)(CC/C=C(\C)CC/C=C(\C)CCC=C(C)C)CC2)P(=O)(OCC)OCC. The molecule has 1 aliphatic heterocycles. The van der Waals surface area contributed by atoms with Crippen LogP contribution in [-0.4, -0.2) is 43.4 Å². The highest BCUT2D eigenvalue weighted by molar-refractivity contribution is 7.72. The second-order valence-electron chi connectivity index (χ2n) is 13.9. The Morgan fingerprint density at radius 1 is 0.804 bits per heavy atom. The summed E-state index contributed by atoms with van der Waals surface area (Å²) in [6.45, 7) is 21.8. The van der Waals surface area contributed by atoms with Gasteiger partial charge in [-0.2, -0.15) is 0 Å². The van der Waals surface area contributed by atoms with Crippen molar-refractivity contribution in [2.24, 2.45) is 0 Å². The molecule has 1 heterocycles. The zero-order valence-corrected chi connectivity index (χ0v) is 35.1. The van der Waals surface area contributed by atoms with E-state index in [1.54, 1.807) is 27.7 Å². The van der Waals surface area contributed by atoms with Crippen molar-refractivity contribution in [1.82, 2.24) is 0 Å². The Morgan fingerprint density at radius 3 is 1.82 bits per heavy atom. The average molecular weight is 753 g/mol. The molecule has 2 rings (SSSR count). The molecule has 0 amide bonds. The highest BCUT2D eigenvalue weighted by Crippen LogP contribution is 2.71. The van der Waals surface area contributed by atoms with Gasteiger partial charge in [0.25, 0.3) is 0 Å². The van der Waals surface area contributed by atoms with Crippen LogP contribution in [0.3, 0.4) is 0 Å². The molecule has 51 heavy (non-hydrogen) atoms. The Kier molecular flexibility index (Phi) is 19.2. The molecule has 0 aliphatic carbocycles. The number of ether oxygens (including phenoxy) is 2. The highest BCUT2D eigenvalue weighted by atomic mass is 31.2. The average Bonchev–Trinajstić information content (AvgIpc) is 3.04. The first-order valence-corrected chi connectivity index (χ1v) is 22.0. The van der Waals surface area contributed by atoms with Crippen molar-refractivity contribution in [2.75, 3.05) is 26.4 Å². The van der Waals surface area contributed by atoms with Gasteiger partial charge in [-0.1, -0.05) is 34.9 Å². The van der Waals surface area contributed by atoms with Gasteiger partial charge in [0, 0.05) is 6.42 Å². The van der Waals surface area contributed by atoms with Crippen LogP contribution in [0.4, 0.5) is 0 Å². The molecule has 0 bridgehead atoms. The van der Waals surface area contributed by atoms with Gasteiger partial charge in [0.05, 0.1) is 26.4 Å². The van der Waals surface area contributed by atoms with Crippen molar-refractivity contribution >= 4 is 21.2 Å². The number of rotatable bonds is 23. The van der Waals surface area contributed by atoms with Crippen LogP contribution in [0.1, 0.15) is 137 Å². The van der Waals surface area contributed by atoms with Gasteiger partial charge >= 0.3 is 21.2 Å². The predicted octanol–water partition coefficient (Wildman–Crippen LogP) is 12.1. The number of carbonyl (C=O) groups is 1. The molecule has 1 unspecified atom stereocenters. The monoisotopic (exact) mass is 752 g/mol. The lowest BCUT2D eigenvalue weighted by atomic mass is 9.86. The largest absolute Gasteiger partial charge is 0.487 e. The van der Waals surface area contributed by atoms with E-state index in [4.69, 9.17) is 27.6 Å². The zero-order valence-electron chi connectivity index (χ0n) is 33.4. The number of hydrogen-bond donors (Lipinski definition) is 0. The van der Waals surface area contributed by atoms with Crippen molar-refractivity contribution in [2.45, 2.75) is 151 Å². The minimum atomic E-state index is -3.97. The number of esters is 1. The lowest BCUT2D eigenvalue weighted by Crippen LogP contribution is -2.36. The quantitative estimate of drug-likeness (QED) is 0.0467. The Morgan fingerprint density at radius 2 is 1.31 bits per heavy atom. The van der Waals surface area contributed by atoms with Crippen molar-refractivity contribution in [1.29, 1.82) is 0 Å². The van der Waals surface area contributed by atoms with Gasteiger partial charge in [-0.05, 0) is 157 Å². The second-order valence-corrected chi connectivity index (χ2v) is 18.8. The number of aryl methyl sites for hydroxylation is 1. The van der Waals surface area contributed by atoms with E-state index < -0.39 is 26.6 Å². The van der Waals surface area contributed by atoms with Gasteiger partial charge in [0.15, 0.2) is 5.40 Å². The first-order valence-electron chi connectivity index (χ1n) is 18.8. The fourth-order valence-electron chi connectivity index (χ4n) is 6.25. The summed E-state index contributed by atoms with van der Waals surface area (Å²) in [6, 6.07) is 1.89. The fraction of sp³-hybridized carbons (Fsp3) is 0.675. The Balaban J connectivity index is 2.10. The van der Waals surface area contributed by atoms with Gasteiger partial charge in [0.2, 0.25) is 0 Å². The van der Waals surface area contributed by atoms with Crippen molar-refractivity contribution < 1.29 is 41.5 Å². The van der Waals surface area contributed by atoms with Gasteiger partial charge in [-0.3, -0.25) is 13.9 Å². The lowest BCUT2D eigenvalue weighted by molar-refractivity contribution is -0.134. The molecule has 0 radical (unpaired) electrons. The molecular formula is C40H66O9P2. The van der Waals surface area contributed by atoms with Gasteiger partial charge in [-0.15, -0.1) is 0 Å². The number of hydrogen-bond acceptors (Lipinski definition) is 9. The molecule has 0 N–H and O–H groups in total. The minimum Gasteiger partial charge on any atom is -0.487 e. The fourth-order valence-corrected chi connectivity index (χ4v) is 11.6. The van der Waals surface area contributed by atoms with E-state index in [1.165, 1.54) is 16.7 Å². The molecule has 1 atom stereocenters. The van der Waals surface area contributed by atoms with E-state index in [2.05, 4.69) is 52.8 Å². The Labute approximate surface area is 309 Å². The van der Waals surface area contributed by atoms with E-state index in [-0.39, 0.29) is 44.9 Å². The molecule has 1 aromatic carbocycles. The second kappa shape index (κ2) is 21.6. The first-order chi connectivity index (χ1) is 24.1. The maximum Gasteiger partial charge on any atom is 0.345 e. The van der Waals surface area contributed by atoms with E-state index in [0.717, 1.165) is 73.8 Å². The molecule has 9 nitrogen and oxygen atoms in total. The van der Waals surface area contributed by atoms with Crippen LogP contribution >= 0.6 is 15.2 Å². The van der Waals surface area contributed by atoms with Crippen molar-refractivity contribution in [3.63, 3.8) is 0 Å². The molecule has 0 fully saturated rings. The summed E-state index contributed by atoms with van der Waals surface area (Å²) in [7, 11) is -7.94. The van der Waals surface area contributed by atoms with Crippen LogP contribution in [0, 0.1) is 13.8 Å². The summed E-state index contributed by atoms with van der Waals surface area (Å²) >= 11 is 0. The zero-order chi connectivity index (χ0) is 38.2. The normalized spacial score (nSPS) is 16.9. The van der Waals surface area contributed by atoms with Gasteiger partial charge < -0.3 is 27.6 Å².